The Bertz CT molecular complexity index is 3380. The summed E-state index contributed by atoms with van der Waals surface area (Å²) in [5, 5.41) is 7.84. The lowest BCUT2D eigenvalue weighted by Crippen LogP contribution is -2.14. The van der Waals surface area contributed by atoms with Gasteiger partial charge in [-0.2, -0.15) is 0 Å². The molecule has 308 valence electrons. The summed E-state index contributed by atoms with van der Waals surface area (Å²) in [7, 11) is 0. The van der Waals surface area contributed by atoms with Crippen molar-refractivity contribution in [2.24, 2.45) is 0 Å². The summed E-state index contributed by atoms with van der Waals surface area (Å²) in [5.41, 5.74) is 17.9. The van der Waals surface area contributed by atoms with Crippen molar-refractivity contribution < 1.29 is 0 Å². The van der Waals surface area contributed by atoms with Gasteiger partial charge in [-0.25, -0.2) is 0 Å². The second-order valence-corrected chi connectivity index (χ2v) is 18.6. The molecule has 0 N–H and O–H groups in total. The lowest BCUT2D eigenvalue weighted by molar-refractivity contribution is 0.445. The first-order chi connectivity index (χ1) is 31.5. The predicted molar refractivity (Wildman–Crippen MR) is 273 cm³/mol. The molecule has 0 radical (unpaired) electrons. The number of hydrogen-bond donors (Lipinski definition) is 0. The molecule has 0 saturated heterocycles. The van der Waals surface area contributed by atoms with Gasteiger partial charge in [0.25, 0.3) is 0 Å². The Balaban J connectivity index is 1.02. The number of anilines is 3. The summed E-state index contributed by atoms with van der Waals surface area (Å²) in [6.07, 6.45) is 6.50. The molecular formula is C63H51N. The van der Waals surface area contributed by atoms with Gasteiger partial charge in [0, 0.05) is 22.4 Å². The number of benzene rings is 10. The van der Waals surface area contributed by atoms with Gasteiger partial charge in [-0.3, -0.25) is 0 Å². The van der Waals surface area contributed by atoms with E-state index in [0.717, 1.165) is 11.4 Å². The van der Waals surface area contributed by atoms with E-state index < -0.39 is 0 Å². The summed E-state index contributed by atoms with van der Waals surface area (Å²) in [4.78, 5) is 2.48. The third kappa shape index (κ3) is 6.28. The normalized spacial score (nSPS) is 14.5. The largest absolute Gasteiger partial charge is 0.310 e. The minimum atomic E-state index is -0.0488. The van der Waals surface area contributed by atoms with E-state index in [-0.39, 0.29) is 5.41 Å². The first-order valence-electron chi connectivity index (χ1n) is 23.3. The van der Waals surface area contributed by atoms with E-state index in [1.54, 1.807) is 0 Å². The van der Waals surface area contributed by atoms with E-state index in [0.29, 0.717) is 5.92 Å². The van der Waals surface area contributed by atoms with Crippen LogP contribution in [0.3, 0.4) is 0 Å². The Morgan fingerprint density at radius 2 is 0.953 bits per heavy atom. The summed E-state index contributed by atoms with van der Waals surface area (Å²) in [5.74, 6) is 0.589. The van der Waals surface area contributed by atoms with Crippen LogP contribution >= 0.6 is 0 Å². The molecule has 1 saturated carbocycles. The topological polar surface area (TPSA) is 3.24 Å². The van der Waals surface area contributed by atoms with Crippen LogP contribution in [0.5, 0.6) is 0 Å². The molecule has 10 aromatic rings. The Labute approximate surface area is 377 Å². The third-order valence-corrected chi connectivity index (χ3v) is 14.7. The van der Waals surface area contributed by atoms with Gasteiger partial charge >= 0.3 is 0 Å². The van der Waals surface area contributed by atoms with Crippen LogP contribution in [0.4, 0.5) is 17.1 Å². The molecule has 0 unspecified atom stereocenters. The summed E-state index contributed by atoms with van der Waals surface area (Å²) in [6, 6.07) is 77.4. The van der Waals surface area contributed by atoms with Gasteiger partial charge in [-0.1, -0.05) is 209 Å². The van der Waals surface area contributed by atoms with E-state index in [9.17, 15) is 0 Å². The number of para-hydroxylation sites is 1. The highest BCUT2D eigenvalue weighted by atomic mass is 15.1. The van der Waals surface area contributed by atoms with Crippen LogP contribution in [0.25, 0.3) is 76.8 Å². The second kappa shape index (κ2) is 15.5. The fourth-order valence-electron chi connectivity index (χ4n) is 11.5. The van der Waals surface area contributed by atoms with E-state index in [1.165, 1.54) is 131 Å². The van der Waals surface area contributed by atoms with Crippen LogP contribution in [0, 0.1) is 0 Å². The minimum Gasteiger partial charge on any atom is -0.310 e. The van der Waals surface area contributed by atoms with Crippen molar-refractivity contribution >= 4 is 49.4 Å². The quantitative estimate of drug-likeness (QED) is 0.145. The third-order valence-electron chi connectivity index (χ3n) is 14.7. The van der Waals surface area contributed by atoms with Crippen molar-refractivity contribution in [1.29, 1.82) is 0 Å². The second-order valence-electron chi connectivity index (χ2n) is 18.6. The minimum absolute atomic E-state index is 0.0488. The van der Waals surface area contributed by atoms with Crippen molar-refractivity contribution in [3.8, 4) is 44.5 Å². The smallest absolute Gasteiger partial charge is 0.0540 e. The number of nitrogens with zero attached hydrogens (tertiary/aromatic N) is 1. The monoisotopic (exact) mass is 821 g/mol. The molecule has 2 aliphatic carbocycles. The summed E-state index contributed by atoms with van der Waals surface area (Å²) in [6.45, 7) is 4.73. The molecule has 64 heavy (non-hydrogen) atoms. The molecule has 1 fully saturated rings. The highest BCUT2D eigenvalue weighted by Crippen LogP contribution is 2.53. The lowest BCUT2D eigenvalue weighted by atomic mass is 9.80. The SMILES string of the molecule is CC1(C)c2ccccc2-c2c(-c3ccc(N(c4ccc(-c5cccc6c5ccc5ccccc56)cc4)c4ccccc4-c4cccc5cccc(C6CCCCC6)c45)cc3)cccc21. The highest BCUT2D eigenvalue weighted by Gasteiger charge is 2.36. The molecule has 0 amide bonds. The summed E-state index contributed by atoms with van der Waals surface area (Å²) < 4.78 is 0. The van der Waals surface area contributed by atoms with Crippen LogP contribution in [0.1, 0.15) is 68.6 Å². The zero-order chi connectivity index (χ0) is 42.8. The van der Waals surface area contributed by atoms with Crippen LogP contribution in [0.15, 0.2) is 206 Å². The predicted octanol–water partition coefficient (Wildman–Crippen LogP) is 18.0. The molecule has 1 nitrogen and oxygen atoms in total. The van der Waals surface area contributed by atoms with Gasteiger partial charge < -0.3 is 4.90 Å². The van der Waals surface area contributed by atoms with E-state index >= 15 is 0 Å². The molecule has 0 aliphatic heterocycles. The van der Waals surface area contributed by atoms with Gasteiger partial charge in [0.1, 0.15) is 0 Å². The zero-order valence-electron chi connectivity index (χ0n) is 36.7. The van der Waals surface area contributed by atoms with Crippen LogP contribution < -0.4 is 4.90 Å². The van der Waals surface area contributed by atoms with Crippen molar-refractivity contribution in [2.75, 3.05) is 4.90 Å². The fraction of sp³-hybridized carbons (Fsp3) is 0.143. The molecule has 0 spiro atoms. The average Bonchev–Trinajstić information content (AvgIpc) is 3.60. The van der Waals surface area contributed by atoms with Gasteiger partial charge in [0.05, 0.1) is 5.69 Å². The number of fused-ring (bicyclic) bond motifs is 7. The van der Waals surface area contributed by atoms with Crippen molar-refractivity contribution in [2.45, 2.75) is 57.3 Å². The first kappa shape index (κ1) is 38.5. The Morgan fingerprint density at radius 1 is 0.391 bits per heavy atom. The van der Waals surface area contributed by atoms with Crippen molar-refractivity contribution in [3.63, 3.8) is 0 Å². The van der Waals surface area contributed by atoms with Gasteiger partial charge in [-0.15, -0.1) is 0 Å². The standard InChI is InChI=1S/C63H51N/c1-63(2)58-29-10-8-23-57(58)62-52(26-15-30-59(62)63)45-34-39-48(40-35-45)64(47-37-32-44(33-38-47)50-24-14-27-53-49-21-7-6-18-43(49)36-41-54(50)53)60-31-11-9-22-55(60)56-28-13-20-46-19-12-25-51(61(46)56)42-16-4-3-5-17-42/h6-15,18-42H,3-5,16-17H2,1-2H3. The van der Waals surface area contributed by atoms with E-state index in [4.69, 9.17) is 0 Å². The van der Waals surface area contributed by atoms with Crippen LogP contribution in [-0.4, -0.2) is 0 Å². The molecule has 1 heteroatoms. The molecule has 10 aromatic carbocycles. The first-order valence-corrected chi connectivity index (χ1v) is 23.3. The molecule has 12 rings (SSSR count). The van der Waals surface area contributed by atoms with Gasteiger partial charge in [0.2, 0.25) is 0 Å². The maximum atomic E-state index is 2.48. The van der Waals surface area contributed by atoms with Gasteiger partial charge in [0.15, 0.2) is 0 Å². The molecule has 0 bridgehead atoms. The number of rotatable bonds is 7. The molecule has 0 aromatic heterocycles. The zero-order valence-corrected chi connectivity index (χ0v) is 36.7. The maximum Gasteiger partial charge on any atom is 0.0540 e. The molecule has 2 aliphatic rings. The van der Waals surface area contributed by atoms with E-state index in [2.05, 4.69) is 225 Å². The summed E-state index contributed by atoms with van der Waals surface area (Å²) >= 11 is 0. The maximum absolute atomic E-state index is 2.48. The molecule has 0 atom stereocenters. The highest BCUT2D eigenvalue weighted by molar-refractivity contribution is 6.12. The van der Waals surface area contributed by atoms with Crippen molar-refractivity contribution in [3.05, 3.63) is 223 Å². The van der Waals surface area contributed by atoms with Gasteiger partial charge in [-0.05, 0) is 137 Å². The van der Waals surface area contributed by atoms with Crippen LogP contribution in [-0.2, 0) is 5.41 Å². The lowest BCUT2D eigenvalue weighted by Gasteiger charge is -2.29. The Morgan fingerprint density at radius 3 is 1.75 bits per heavy atom. The van der Waals surface area contributed by atoms with E-state index in [1.807, 2.05) is 0 Å². The Hall–Kier alpha value is -7.22. The fourth-order valence-corrected chi connectivity index (χ4v) is 11.5. The molecular weight excluding hydrogens is 771 g/mol. The Kier molecular flexibility index (Phi) is 9.34. The van der Waals surface area contributed by atoms with Crippen LogP contribution in [0.2, 0.25) is 0 Å². The number of hydrogen-bond acceptors (Lipinski definition) is 1. The van der Waals surface area contributed by atoms with Crippen molar-refractivity contribution in [1.82, 2.24) is 0 Å². The molecule has 0 heterocycles. The average molecular weight is 822 g/mol.